The molecule has 0 heterocycles. The largest absolute Gasteiger partial charge is 0.494 e. The van der Waals surface area contributed by atoms with E-state index in [0.29, 0.717) is 12.4 Å². The van der Waals surface area contributed by atoms with Gasteiger partial charge in [-0.05, 0) is 31.2 Å². The molecule has 1 aromatic carbocycles. The van der Waals surface area contributed by atoms with E-state index in [2.05, 4.69) is 0 Å². The lowest BCUT2D eigenvalue weighted by molar-refractivity contribution is 0.340. The average Bonchev–Trinajstić information content (AvgIpc) is 2.09. The van der Waals surface area contributed by atoms with Crippen molar-refractivity contribution in [3.05, 3.63) is 24.3 Å². The van der Waals surface area contributed by atoms with E-state index in [-0.39, 0.29) is 8.69 Å². The van der Waals surface area contributed by atoms with Gasteiger partial charge < -0.3 is 9.26 Å². The summed E-state index contributed by atoms with van der Waals surface area (Å²) in [5.41, 5.74) is 0. The highest BCUT2D eigenvalue weighted by molar-refractivity contribution is 7.17. The minimum absolute atomic E-state index is 0.337. The maximum Gasteiger partial charge on any atom is 0.395 e. The Hall–Kier alpha value is -1.08. The Morgan fingerprint density at radius 1 is 1.25 bits per heavy atom. The summed E-state index contributed by atoms with van der Waals surface area (Å²) in [5.74, 6) is 1.35. The lowest BCUT2D eigenvalue weighted by Gasteiger charge is -2.02. The van der Waals surface area contributed by atoms with Crippen LogP contribution in [0.3, 0.4) is 0 Å². The van der Waals surface area contributed by atoms with Crippen molar-refractivity contribution in [3.8, 4) is 11.5 Å². The lowest BCUT2D eigenvalue weighted by Crippen LogP contribution is -1.90. The molecule has 0 amide bonds. The van der Waals surface area contributed by atoms with Crippen LogP contribution in [0.2, 0.25) is 0 Å². The molecule has 0 saturated heterocycles. The summed E-state index contributed by atoms with van der Waals surface area (Å²) in [4.78, 5) is 0. The molecule has 64 valence electrons. The van der Waals surface area contributed by atoms with Crippen molar-refractivity contribution in [2.24, 2.45) is 0 Å². The summed E-state index contributed by atoms with van der Waals surface area (Å²) in [6, 6.07) is 6.94. The maximum atomic E-state index is 10.0. The Bertz CT molecular complexity index is 245. The standard InChI is InChI=1S/C8H9O3P/c1-2-10-7-3-5-8(6-4-7)11-12-9/h3-6H,2H2,1H3. The Morgan fingerprint density at radius 3 is 2.33 bits per heavy atom. The van der Waals surface area contributed by atoms with E-state index >= 15 is 0 Å². The third-order valence-electron chi connectivity index (χ3n) is 1.28. The minimum atomic E-state index is -0.337. The van der Waals surface area contributed by atoms with Crippen LogP contribution in [0, 0.1) is 0 Å². The van der Waals surface area contributed by atoms with Gasteiger partial charge in [-0.25, -0.2) is 4.57 Å². The van der Waals surface area contributed by atoms with Crippen molar-refractivity contribution >= 4 is 8.69 Å². The van der Waals surface area contributed by atoms with Crippen LogP contribution in [0.1, 0.15) is 6.92 Å². The molecule has 12 heavy (non-hydrogen) atoms. The van der Waals surface area contributed by atoms with Crippen molar-refractivity contribution in [3.63, 3.8) is 0 Å². The van der Waals surface area contributed by atoms with E-state index in [4.69, 9.17) is 9.26 Å². The molecule has 0 aliphatic carbocycles. The highest BCUT2D eigenvalue weighted by atomic mass is 31.1. The number of hydrogen-bond acceptors (Lipinski definition) is 3. The van der Waals surface area contributed by atoms with Crippen molar-refractivity contribution in [1.82, 2.24) is 0 Å². The Morgan fingerprint density at radius 2 is 1.83 bits per heavy atom. The van der Waals surface area contributed by atoms with Crippen LogP contribution in [0.25, 0.3) is 0 Å². The van der Waals surface area contributed by atoms with Gasteiger partial charge in [0.15, 0.2) is 0 Å². The van der Waals surface area contributed by atoms with Crippen molar-refractivity contribution in [2.45, 2.75) is 6.92 Å². The highest BCUT2D eigenvalue weighted by Crippen LogP contribution is 2.19. The first-order valence-electron chi connectivity index (χ1n) is 3.59. The second kappa shape index (κ2) is 4.73. The molecular formula is C8H9O3P. The zero-order valence-corrected chi connectivity index (χ0v) is 7.58. The normalized spacial score (nSPS) is 9.75. The predicted molar refractivity (Wildman–Crippen MR) is 45.8 cm³/mol. The first-order valence-corrected chi connectivity index (χ1v) is 4.32. The molecule has 0 spiro atoms. The monoisotopic (exact) mass is 184 g/mol. The molecule has 0 aliphatic heterocycles. The molecule has 1 rings (SSSR count). The van der Waals surface area contributed by atoms with E-state index in [0.717, 1.165) is 5.75 Å². The van der Waals surface area contributed by atoms with Crippen LogP contribution >= 0.6 is 8.69 Å². The number of hydrogen-bond donors (Lipinski definition) is 0. The minimum Gasteiger partial charge on any atom is -0.494 e. The van der Waals surface area contributed by atoms with Crippen LogP contribution in [0.4, 0.5) is 0 Å². The lowest BCUT2D eigenvalue weighted by atomic mass is 10.3. The van der Waals surface area contributed by atoms with Crippen LogP contribution in [0.15, 0.2) is 24.3 Å². The predicted octanol–water partition coefficient (Wildman–Crippen LogP) is 2.67. The fraction of sp³-hybridized carbons (Fsp3) is 0.250. The molecule has 0 aromatic heterocycles. The van der Waals surface area contributed by atoms with Gasteiger partial charge in [-0.1, -0.05) is 0 Å². The molecule has 1 aromatic rings. The van der Waals surface area contributed by atoms with Gasteiger partial charge in [-0.2, -0.15) is 0 Å². The van der Waals surface area contributed by atoms with Gasteiger partial charge in [0.2, 0.25) is 0 Å². The van der Waals surface area contributed by atoms with Crippen molar-refractivity contribution < 1.29 is 13.8 Å². The van der Waals surface area contributed by atoms with E-state index in [9.17, 15) is 4.57 Å². The molecule has 0 atom stereocenters. The highest BCUT2D eigenvalue weighted by Gasteiger charge is 1.94. The van der Waals surface area contributed by atoms with Crippen LogP contribution in [0.5, 0.6) is 11.5 Å². The average molecular weight is 184 g/mol. The molecule has 0 N–H and O–H groups in total. The second-order valence-electron chi connectivity index (χ2n) is 2.07. The SMILES string of the molecule is CCOc1ccc(OP=O)cc1. The van der Waals surface area contributed by atoms with Gasteiger partial charge in [0.1, 0.15) is 11.5 Å². The van der Waals surface area contributed by atoms with E-state index in [1.165, 1.54) is 0 Å². The first kappa shape index (κ1) is 9.01. The first-order chi connectivity index (χ1) is 5.86. The van der Waals surface area contributed by atoms with Crippen LogP contribution in [-0.2, 0) is 4.57 Å². The summed E-state index contributed by atoms with van der Waals surface area (Å²) in [7, 11) is -0.337. The number of ether oxygens (including phenoxy) is 1. The maximum absolute atomic E-state index is 10.0. The molecule has 0 unspecified atom stereocenters. The van der Waals surface area contributed by atoms with Crippen LogP contribution < -0.4 is 9.26 Å². The quantitative estimate of drug-likeness (QED) is 0.675. The summed E-state index contributed by atoms with van der Waals surface area (Å²) in [6.45, 7) is 2.56. The third-order valence-corrected chi connectivity index (χ3v) is 1.56. The molecule has 0 radical (unpaired) electrons. The fourth-order valence-corrected chi connectivity index (χ4v) is 1.01. The summed E-state index contributed by atoms with van der Waals surface area (Å²) in [5, 5.41) is 0. The Balaban J connectivity index is 2.64. The smallest absolute Gasteiger partial charge is 0.395 e. The fourth-order valence-electron chi connectivity index (χ4n) is 0.806. The van der Waals surface area contributed by atoms with Gasteiger partial charge in [0, 0.05) is 0 Å². The number of benzene rings is 1. The molecule has 0 aliphatic rings. The topological polar surface area (TPSA) is 35.5 Å². The molecule has 0 fully saturated rings. The summed E-state index contributed by atoms with van der Waals surface area (Å²) >= 11 is 0. The van der Waals surface area contributed by atoms with E-state index < -0.39 is 0 Å². The number of rotatable bonds is 4. The summed E-state index contributed by atoms with van der Waals surface area (Å²) in [6.07, 6.45) is 0. The van der Waals surface area contributed by atoms with Gasteiger partial charge in [0.05, 0.1) is 6.61 Å². The molecule has 3 nitrogen and oxygen atoms in total. The molecule has 0 bridgehead atoms. The molecular weight excluding hydrogens is 175 g/mol. The Labute approximate surface area is 72.6 Å². The zero-order chi connectivity index (χ0) is 8.81. The second-order valence-corrected chi connectivity index (χ2v) is 2.40. The van der Waals surface area contributed by atoms with Gasteiger partial charge in [0.25, 0.3) is 0 Å². The van der Waals surface area contributed by atoms with E-state index in [1.54, 1.807) is 24.3 Å². The van der Waals surface area contributed by atoms with Crippen LogP contribution in [-0.4, -0.2) is 6.61 Å². The zero-order valence-electron chi connectivity index (χ0n) is 6.69. The van der Waals surface area contributed by atoms with Crippen molar-refractivity contribution in [1.29, 1.82) is 0 Å². The summed E-state index contributed by atoms with van der Waals surface area (Å²) < 4.78 is 19.9. The van der Waals surface area contributed by atoms with Crippen molar-refractivity contribution in [2.75, 3.05) is 6.61 Å². The molecule has 0 saturated carbocycles. The molecule has 4 heteroatoms. The Kier molecular flexibility index (Phi) is 3.55. The van der Waals surface area contributed by atoms with E-state index in [1.807, 2.05) is 6.92 Å². The third kappa shape index (κ3) is 2.51. The van der Waals surface area contributed by atoms with Gasteiger partial charge >= 0.3 is 8.69 Å². The van der Waals surface area contributed by atoms with Gasteiger partial charge in [-0.15, -0.1) is 0 Å². The van der Waals surface area contributed by atoms with Gasteiger partial charge in [-0.3, -0.25) is 0 Å².